The minimum atomic E-state index is -0.125. The van der Waals surface area contributed by atoms with Gasteiger partial charge in [0.05, 0.1) is 32.2 Å². The fourth-order valence-corrected chi connectivity index (χ4v) is 5.82. The minimum Gasteiger partial charge on any atom is -0.494 e. The van der Waals surface area contributed by atoms with Crippen LogP contribution >= 0.6 is 34.5 Å². The number of unbranched alkanes of at least 4 members (excludes halogenated alkanes) is 3. The number of nitrogens with zero attached hydrogens (tertiary/aromatic N) is 2. The second-order valence-electron chi connectivity index (χ2n) is 9.03. The number of aromatic nitrogens is 2. The largest absolute Gasteiger partial charge is 0.494 e. The normalized spacial score (nSPS) is 11.9. The summed E-state index contributed by atoms with van der Waals surface area (Å²) in [6.45, 7) is 3.50. The molecule has 5 rings (SSSR count). The second-order valence-corrected chi connectivity index (χ2v) is 10.8. The van der Waals surface area contributed by atoms with Gasteiger partial charge < -0.3 is 14.2 Å². The average molecular weight is 584 g/mol. The van der Waals surface area contributed by atoms with Gasteiger partial charge in [0, 0.05) is 0 Å². The number of ether oxygens (including phenoxy) is 3. The number of thiazole rings is 1. The number of rotatable bonds is 12. The van der Waals surface area contributed by atoms with Gasteiger partial charge in [-0.3, -0.25) is 4.79 Å². The van der Waals surface area contributed by atoms with Gasteiger partial charge in [-0.05, 0) is 66.6 Å². The van der Waals surface area contributed by atoms with Crippen LogP contribution in [0.1, 0.15) is 38.2 Å². The highest BCUT2D eigenvalue weighted by molar-refractivity contribution is 7.15. The summed E-state index contributed by atoms with van der Waals surface area (Å²) in [5.41, 5.74) is 2.16. The Morgan fingerprint density at radius 3 is 2.26 bits per heavy atom. The fraction of sp³-hybridized carbons (Fsp3) is 0.267. The Labute approximate surface area is 240 Å². The lowest BCUT2D eigenvalue weighted by Gasteiger charge is -2.12. The average Bonchev–Trinajstić information content (AvgIpc) is 3.44. The van der Waals surface area contributed by atoms with E-state index in [4.69, 9.17) is 37.4 Å². The van der Waals surface area contributed by atoms with Gasteiger partial charge >= 0.3 is 0 Å². The molecule has 0 radical (unpaired) electrons. The van der Waals surface area contributed by atoms with Crippen molar-refractivity contribution in [3.63, 3.8) is 0 Å². The number of hydrogen-bond acceptors (Lipinski definition) is 6. The molecule has 202 valence electrons. The molecule has 6 nitrogen and oxygen atoms in total. The van der Waals surface area contributed by atoms with E-state index in [-0.39, 0.29) is 12.2 Å². The lowest BCUT2D eigenvalue weighted by Crippen LogP contribution is -2.22. The SMILES string of the molecule is CCCCCCOc1ccc(OCCOc2c(Cl)cc(/C=c3\sc4nc5ccccc5n4c3=O)cc2Cl)cc1. The van der Waals surface area contributed by atoms with Crippen molar-refractivity contribution >= 4 is 56.6 Å². The van der Waals surface area contributed by atoms with Crippen LogP contribution in [0.5, 0.6) is 17.2 Å². The van der Waals surface area contributed by atoms with Crippen molar-refractivity contribution in [3.8, 4) is 17.2 Å². The van der Waals surface area contributed by atoms with Crippen LogP contribution in [0.2, 0.25) is 10.0 Å². The number of benzene rings is 3. The summed E-state index contributed by atoms with van der Waals surface area (Å²) >= 11 is 14.3. The van der Waals surface area contributed by atoms with E-state index in [1.807, 2.05) is 48.5 Å². The molecule has 0 saturated heterocycles. The van der Waals surface area contributed by atoms with Gasteiger partial charge in [-0.15, -0.1) is 0 Å². The smallest absolute Gasteiger partial charge is 0.274 e. The van der Waals surface area contributed by atoms with E-state index in [2.05, 4.69) is 11.9 Å². The van der Waals surface area contributed by atoms with Gasteiger partial charge in [0.1, 0.15) is 24.7 Å². The molecule has 0 atom stereocenters. The van der Waals surface area contributed by atoms with Gasteiger partial charge in [-0.2, -0.15) is 0 Å². The third kappa shape index (κ3) is 6.49. The molecule has 39 heavy (non-hydrogen) atoms. The molecule has 0 bridgehead atoms. The van der Waals surface area contributed by atoms with Crippen molar-refractivity contribution in [2.24, 2.45) is 0 Å². The Bertz CT molecular complexity index is 1660. The third-order valence-electron chi connectivity index (χ3n) is 6.15. The predicted molar refractivity (Wildman–Crippen MR) is 159 cm³/mol. The van der Waals surface area contributed by atoms with Gasteiger partial charge in [-0.25, -0.2) is 9.38 Å². The van der Waals surface area contributed by atoms with Crippen molar-refractivity contribution < 1.29 is 14.2 Å². The number of hydrogen-bond donors (Lipinski definition) is 0. The van der Waals surface area contributed by atoms with Crippen LogP contribution in [0, 0.1) is 0 Å². The van der Waals surface area contributed by atoms with Crippen LogP contribution < -0.4 is 24.3 Å². The van der Waals surface area contributed by atoms with Crippen molar-refractivity contribution in [2.45, 2.75) is 32.6 Å². The molecular weight excluding hydrogens is 555 g/mol. The molecule has 3 aromatic carbocycles. The molecule has 2 heterocycles. The Morgan fingerprint density at radius 1 is 0.872 bits per heavy atom. The first kappa shape index (κ1) is 27.3. The van der Waals surface area contributed by atoms with E-state index in [1.165, 1.54) is 30.6 Å². The highest BCUT2D eigenvalue weighted by Crippen LogP contribution is 2.34. The maximum atomic E-state index is 13.0. The summed E-state index contributed by atoms with van der Waals surface area (Å²) in [6.07, 6.45) is 6.47. The molecule has 0 unspecified atom stereocenters. The van der Waals surface area contributed by atoms with Crippen molar-refractivity contribution in [2.75, 3.05) is 19.8 Å². The lowest BCUT2D eigenvalue weighted by molar-refractivity contribution is 0.217. The van der Waals surface area contributed by atoms with Gasteiger partial charge in [0.15, 0.2) is 10.7 Å². The Morgan fingerprint density at radius 2 is 1.54 bits per heavy atom. The Balaban J connectivity index is 1.18. The molecule has 0 amide bonds. The van der Waals surface area contributed by atoms with E-state index in [1.54, 1.807) is 22.6 Å². The molecule has 5 aromatic rings. The minimum absolute atomic E-state index is 0.125. The second kappa shape index (κ2) is 12.7. The zero-order valence-corrected chi connectivity index (χ0v) is 23.8. The number of imidazole rings is 1. The van der Waals surface area contributed by atoms with E-state index >= 15 is 0 Å². The lowest BCUT2D eigenvalue weighted by atomic mass is 10.2. The topological polar surface area (TPSA) is 62.1 Å². The van der Waals surface area contributed by atoms with Crippen LogP contribution in [0.4, 0.5) is 0 Å². The van der Waals surface area contributed by atoms with E-state index in [9.17, 15) is 4.79 Å². The zero-order chi connectivity index (χ0) is 27.2. The van der Waals surface area contributed by atoms with Crippen LogP contribution in [0.25, 0.3) is 22.1 Å². The first-order chi connectivity index (χ1) is 19.0. The molecule has 0 fully saturated rings. The van der Waals surface area contributed by atoms with Crippen LogP contribution in [0.15, 0.2) is 65.5 Å². The summed E-state index contributed by atoms with van der Waals surface area (Å²) in [5, 5.41) is 0.710. The summed E-state index contributed by atoms with van der Waals surface area (Å²) in [6, 6.07) is 18.6. The third-order valence-corrected chi connectivity index (χ3v) is 7.68. The maximum absolute atomic E-state index is 13.0. The molecule has 0 aliphatic rings. The van der Waals surface area contributed by atoms with E-state index in [0.717, 1.165) is 35.6 Å². The highest BCUT2D eigenvalue weighted by Gasteiger charge is 2.13. The van der Waals surface area contributed by atoms with Gasteiger partial charge in [0.2, 0.25) is 0 Å². The summed E-state index contributed by atoms with van der Waals surface area (Å²) in [5.74, 6) is 1.93. The first-order valence-electron chi connectivity index (χ1n) is 12.9. The Kier molecular flexibility index (Phi) is 8.91. The molecule has 0 aliphatic carbocycles. The molecular formula is C30H28Cl2N2O4S. The molecule has 0 spiro atoms. The highest BCUT2D eigenvalue weighted by atomic mass is 35.5. The summed E-state index contributed by atoms with van der Waals surface area (Å²) in [7, 11) is 0. The van der Waals surface area contributed by atoms with Crippen LogP contribution in [-0.4, -0.2) is 29.2 Å². The molecule has 0 aliphatic heterocycles. The fourth-order valence-electron chi connectivity index (χ4n) is 4.22. The summed E-state index contributed by atoms with van der Waals surface area (Å²) < 4.78 is 19.5. The molecule has 0 saturated carbocycles. The first-order valence-corrected chi connectivity index (χ1v) is 14.5. The standard InChI is InChI=1S/C30H28Cl2N2O4S/c1-2-3-4-7-14-36-21-10-12-22(13-11-21)37-15-16-38-28-23(31)17-20(18-24(28)32)19-27-29(35)34-26-9-6-5-8-25(26)33-30(34)39-27/h5-6,8-13,17-19H,2-4,7,14-16H2,1H3/b27-19-. The summed E-state index contributed by atoms with van der Waals surface area (Å²) in [4.78, 5) is 18.2. The van der Waals surface area contributed by atoms with Gasteiger partial charge in [-0.1, -0.05) is 72.9 Å². The van der Waals surface area contributed by atoms with Crippen LogP contribution in [0.3, 0.4) is 0 Å². The maximum Gasteiger partial charge on any atom is 0.274 e. The van der Waals surface area contributed by atoms with Crippen molar-refractivity contribution in [3.05, 3.63) is 91.2 Å². The number of fused-ring (bicyclic) bond motifs is 3. The van der Waals surface area contributed by atoms with Crippen molar-refractivity contribution in [1.82, 2.24) is 9.38 Å². The quantitative estimate of drug-likeness (QED) is 0.146. The monoisotopic (exact) mass is 582 g/mol. The van der Waals surface area contributed by atoms with Crippen LogP contribution in [-0.2, 0) is 0 Å². The molecule has 0 N–H and O–H groups in total. The predicted octanol–water partition coefficient (Wildman–Crippen LogP) is 7.18. The van der Waals surface area contributed by atoms with Gasteiger partial charge in [0.25, 0.3) is 5.56 Å². The van der Waals surface area contributed by atoms with E-state index in [0.29, 0.717) is 37.5 Å². The molecule has 2 aromatic heterocycles. The Hall–Kier alpha value is -3.26. The molecule has 9 heteroatoms. The van der Waals surface area contributed by atoms with E-state index < -0.39 is 0 Å². The number of halogens is 2. The zero-order valence-electron chi connectivity index (χ0n) is 21.5. The van der Waals surface area contributed by atoms with Crippen molar-refractivity contribution in [1.29, 1.82) is 0 Å². The number of para-hydroxylation sites is 2.